The third-order valence-electron chi connectivity index (χ3n) is 3.22. The van der Waals surface area contributed by atoms with Gasteiger partial charge in [-0.1, -0.05) is 24.3 Å². The van der Waals surface area contributed by atoms with Crippen LogP contribution >= 0.6 is 0 Å². The van der Waals surface area contributed by atoms with E-state index >= 15 is 0 Å². The van der Waals surface area contributed by atoms with Crippen molar-refractivity contribution in [3.8, 4) is 17.2 Å². The second-order valence-electron chi connectivity index (χ2n) is 4.60. The fraction of sp³-hybridized carbons (Fsp3) is 0.250. The Morgan fingerprint density at radius 2 is 1.85 bits per heavy atom. The maximum Gasteiger partial charge on any atom is 0.231 e. The van der Waals surface area contributed by atoms with Crippen LogP contribution in [0.4, 0.5) is 0 Å². The normalized spacial score (nSPS) is 12.4. The molecule has 4 heteroatoms. The summed E-state index contributed by atoms with van der Waals surface area (Å²) in [6, 6.07) is 13.9. The van der Waals surface area contributed by atoms with Crippen LogP contribution in [0.1, 0.15) is 11.1 Å². The molecule has 0 saturated heterocycles. The van der Waals surface area contributed by atoms with E-state index in [1.54, 1.807) is 0 Å². The van der Waals surface area contributed by atoms with E-state index in [1.165, 1.54) is 11.1 Å². The molecule has 0 bridgehead atoms. The monoisotopic (exact) mass is 271 g/mol. The highest BCUT2D eigenvalue weighted by Gasteiger charge is 2.13. The number of fused-ring (bicyclic) bond motifs is 1. The molecule has 2 aromatic rings. The van der Waals surface area contributed by atoms with E-state index in [1.807, 2.05) is 37.4 Å². The first-order chi connectivity index (χ1) is 9.86. The van der Waals surface area contributed by atoms with Gasteiger partial charge >= 0.3 is 0 Å². The van der Waals surface area contributed by atoms with Gasteiger partial charge in [-0.05, 0) is 30.3 Å². The van der Waals surface area contributed by atoms with Gasteiger partial charge in [-0.2, -0.15) is 0 Å². The summed E-state index contributed by atoms with van der Waals surface area (Å²) in [6.07, 6.45) is 0. The summed E-state index contributed by atoms with van der Waals surface area (Å²) < 4.78 is 16.5. The van der Waals surface area contributed by atoms with Crippen LogP contribution in [0.15, 0.2) is 42.5 Å². The largest absolute Gasteiger partial charge is 0.489 e. The van der Waals surface area contributed by atoms with E-state index in [2.05, 4.69) is 17.4 Å². The minimum Gasteiger partial charge on any atom is -0.489 e. The van der Waals surface area contributed by atoms with Gasteiger partial charge in [0.15, 0.2) is 11.5 Å². The molecule has 2 aromatic carbocycles. The Balaban J connectivity index is 1.70. The fourth-order valence-corrected chi connectivity index (χ4v) is 2.19. The second kappa shape index (κ2) is 5.84. The predicted molar refractivity (Wildman–Crippen MR) is 76.1 cm³/mol. The first kappa shape index (κ1) is 12.8. The minimum atomic E-state index is 0.282. The van der Waals surface area contributed by atoms with E-state index in [-0.39, 0.29) is 6.79 Å². The Morgan fingerprint density at radius 1 is 1.05 bits per heavy atom. The van der Waals surface area contributed by atoms with Crippen LogP contribution in [0.2, 0.25) is 0 Å². The van der Waals surface area contributed by atoms with Crippen LogP contribution in [-0.4, -0.2) is 13.8 Å². The SMILES string of the molecule is CNCc1ccccc1COc1ccc2c(c1)OCO2. The second-order valence-corrected chi connectivity index (χ2v) is 4.60. The molecular weight excluding hydrogens is 254 g/mol. The molecule has 3 rings (SSSR count). The van der Waals surface area contributed by atoms with Crippen molar-refractivity contribution in [1.29, 1.82) is 0 Å². The summed E-state index contributed by atoms with van der Waals surface area (Å²) in [5, 5.41) is 3.16. The summed E-state index contributed by atoms with van der Waals surface area (Å²) in [5.74, 6) is 2.30. The summed E-state index contributed by atoms with van der Waals surface area (Å²) in [5.41, 5.74) is 2.43. The lowest BCUT2D eigenvalue weighted by atomic mass is 10.1. The Bertz CT molecular complexity index is 598. The Hall–Kier alpha value is -2.20. The molecule has 0 aromatic heterocycles. The molecule has 0 saturated carbocycles. The van der Waals surface area contributed by atoms with Gasteiger partial charge in [0, 0.05) is 12.6 Å². The van der Waals surface area contributed by atoms with Gasteiger partial charge in [0.25, 0.3) is 0 Å². The molecule has 104 valence electrons. The molecule has 0 unspecified atom stereocenters. The number of nitrogens with one attached hydrogen (secondary N) is 1. The van der Waals surface area contributed by atoms with Crippen molar-refractivity contribution in [1.82, 2.24) is 5.32 Å². The van der Waals surface area contributed by atoms with E-state index < -0.39 is 0 Å². The number of rotatable bonds is 5. The number of hydrogen-bond donors (Lipinski definition) is 1. The van der Waals surface area contributed by atoms with Crippen LogP contribution in [0.3, 0.4) is 0 Å². The predicted octanol–water partition coefficient (Wildman–Crippen LogP) is 2.71. The number of benzene rings is 2. The molecular formula is C16H17NO3. The van der Waals surface area contributed by atoms with E-state index in [0.29, 0.717) is 6.61 Å². The molecule has 0 atom stereocenters. The highest BCUT2D eigenvalue weighted by Crippen LogP contribution is 2.35. The van der Waals surface area contributed by atoms with E-state index in [9.17, 15) is 0 Å². The van der Waals surface area contributed by atoms with Crippen LogP contribution in [0, 0.1) is 0 Å². The topological polar surface area (TPSA) is 39.7 Å². The molecule has 1 aliphatic heterocycles. The highest BCUT2D eigenvalue weighted by molar-refractivity contribution is 5.47. The lowest BCUT2D eigenvalue weighted by Crippen LogP contribution is -2.09. The third kappa shape index (κ3) is 2.70. The van der Waals surface area contributed by atoms with Crippen LogP contribution in [0.5, 0.6) is 17.2 Å². The van der Waals surface area contributed by atoms with Crippen molar-refractivity contribution >= 4 is 0 Å². The van der Waals surface area contributed by atoms with Crippen molar-refractivity contribution in [2.45, 2.75) is 13.2 Å². The molecule has 0 aliphatic carbocycles. The average molecular weight is 271 g/mol. The third-order valence-corrected chi connectivity index (χ3v) is 3.22. The highest BCUT2D eigenvalue weighted by atomic mass is 16.7. The number of hydrogen-bond acceptors (Lipinski definition) is 4. The van der Waals surface area contributed by atoms with E-state index in [0.717, 1.165) is 23.8 Å². The molecule has 1 aliphatic rings. The van der Waals surface area contributed by atoms with Gasteiger partial charge in [0.1, 0.15) is 12.4 Å². The maximum atomic E-state index is 5.84. The van der Waals surface area contributed by atoms with Gasteiger partial charge in [-0.3, -0.25) is 0 Å². The first-order valence-electron chi connectivity index (χ1n) is 6.60. The number of ether oxygens (including phenoxy) is 3. The standard InChI is InChI=1S/C16H17NO3/c1-17-9-12-4-2-3-5-13(12)10-18-14-6-7-15-16(8-14)20-11-19-15/h2-8,17H,9-11H2,1H3. The van der Waals surface area contributed by atoms with Crippen LogP contribution in [-0.2, 0) is 13.2 Å². The van der Waals surface area contributed by atoms with E-state index in [4.69, 9.17) is 14.2 Å². The molecule has 20 heavy (non-hydrogen) atoms. The molecule has 4 nitrogen and oxygen atoms in total. The average Bonchev–Trinajstić information content (AvgIpc) is 2.94. The van der Waals surface area contributed by atoms with Crippen molar-refractivity contribution in [2.75, 3.05) is 13.8 Å². The Labute approximate surface area is 118 Å². The van der Waals surface area contributed by atoms with Gasteiger partial charge in [0.2, 0.25) is 6.79 Å². The first-order valence-corrected chi connectivity index (χ1v) is 6.60. The molecule has 0 amide bonds. The summed E-state index contributed by atoms with van der Waals surface area (Å²) in [6.45, 7) is 1.65. The van der Waals surface area contributed by atoms with Crippen molar-refractivity contribution in [3.63, 3.8) is 0 Å². The van der Waals surface area contributed by atoms with Crippen LogP contribution in [0.25, 0.3) is 0 Å². The van der Waals surface area contributed by atoms with Crippen LogP contribution < -0.4 is 19.5 Å². The van der Waals surface area contributed by atoms with Crippen molar-refractivity contribution in [3.05, 3.63) is 53.6 Å². The van der Waals surface area contributed by atoms with Crippen molar-refractivity contribution in [2.24, 2.45) is 0 Å². The van der Waals surface area contributed by atoms with Gasteiger partial charge in [-0.25, -0.2) is 0 Å². The van der Waals surface area contributed by atoms with Gasteiger partial charge in [-0.15, -0.1) is 0 Å². The summed E-state index contributed by atoms with van der Waals surface area (Å²) in [4.78, 5) is 0. The van der Waals surface area contributed by atoms with Crippen molar-refractivity contribution < 1.29 is 14.2 Å². The Kier molecular flexibility index (Phi) is 3.74. The lowest BCUT2D eigenvalue weighted by Gasteiger charge is -2.11. The maximum absolute atomic E-state index is 5.84. The Morgan fingerprint density at radius 3 is 2.70 bits per heavy atom. The molecule has 0 fully saturated rings. The zero-order chi connectivity index (χ0) is 13.8. The zero-order valence-electron chi connectivity index (χ0n) is 11.4. The van der Waals surface area contributed by atoms with Gasteiger partial charge < -0.3 is 19.5 Å². The molecule has 1 heterocycles. The quantitative estimate of drug-likeness (QED) is 0.907. The van der Waals surface area contributed by atoms with Gasteiger partial charge in [0.05, 0.1) is 0 Å². The fourth-order valence-electron chi connectivity index (χ4n) is 2.19. The molecule has 1 N–H and O–H groups in total. The summed E-state index contributed by atoms with van der Waals surface area (Å²) >= 11 is 0. The molecule has 0 radical (unpaired) electrons. The summed E-state index contributed by atoms with van der Waals surface area (Å²) in [7, 11) is 1.94. The smallest absolute Gasteiger partial charge is 0.231 e. The zero-order valence-corrected chi connectivity index (χ0v) is 11.4. The minimum absolute atomic E-state index is 0.282. The lowest BCUT2D eigenvalue weighted by molar-refractivity contribution is 0.173. The molecule has 0 spiro atoms.